The fourth-order valence-corrected chi connectivity index (χ4v) is 5.37. The quantitative estimate of drug-likeness (QED) is 0.799. The highest BCUT2D eigenvalue weighted by molar-refractivity contribution is 5.39. The van der Waals surface area contributed by atoms with Gasteiger partial charge in [0.2, 0.25) is 0 Å². The van der Waals surface area contributed by atoms with Crippen molar-refractivity contribution in [2.75, 3.05) is 19.6 Å². The fourth-order valence-electron chi connectivity index (χ4n) is 5.37. The second-order valence-electron chi connectivity index (χ2n) is 9.24. The number of aliphatic hydroxyl groups is 2. The molecule has 2 aliphatic heterocycles. The summed E-state index contributed by atoms with van der Waals surface area (Å²) in [7, 11) is 0. The molecule has 2 N–H and O–H groups in total. The molecule has 0 bridgehead atoms. The number of likely N-dealkylation sites (tertiary alicyclic amines) is 1. The zero-order chi connectivity index (χ0) is 20.7. The molecular weight excluding hydrogens is 381 g/mol. The van der Waals surface area contributed by atoms with E-state index >= 15 is 0 Å². The predicted molar refractivity (Wildman–Crippen MR) is 113 cm³/mol. The summed E-state index contributed by atoms with van der Waals surface area (Å²) in [6, 6.07) is 10.8. The molecule has 0 radical (unpaired) electrons. The minimum absolute atomic E-state index is 0.349. The summed E-state index contributed by atoms with van der Waals surface area (Å²) in [4.78, 5) is 2.28. The highest BCUT2D eigenvalue weighted by Crippen LogP contribution is 2.44. The molecule has 5 heteroatoms. The smallest absolute Gasteiger partial charge is 0.126 e. The van der Waals surface area contributed by atoms with E-state index < -0.39 is 17.8 Å². The first-order valence-electron chi connectivity index (χ1n) is 11.2. The van der Waals surface area contributed by atoms with Gasteiger partial charge in [-0.25, -0.2) is 4.39 Å². The van der Waals surface area contributed by atoms with Crippen LogP contribution in [0.5, 0.6) is 5.75 Å². The van der Waals surface area contributed by atoms with E-state index in [4.69, 9.17) is 4.74 Å². The maximum absolute atomic E-state index is 13.5. The molecule has 0 aromatic heterocycles. The zero-order valence-electron chi connectivity index (χ0n) is 17.3. The van der Waals surface area contributed by atoms with Crippen LogP contribution >= 0.6 is 0 Å². The maximum Gasteiger partial charge on any atom is 0.126 e. The Morgan fingerprint density at radius 2 is 1.83 bits per heavy atom. The summed E-state index contributed by atoms with van der Waals surface area (Å²) in [6.07, 6.45) is 5.66. The van der Waals surface area contributed by atoms with Gasteiger partial charge in [-0.2, -0.15) is 0 Å². The van der Waals surface area contributed by atoms with Crippen molar-refractivity contribution in [1.82, 2.24) is 4.90 Å². The number of fused-ring (bicyclic) bond motifs is 2. The molecular formula is C25H30FNO3. The number of benzene rings is 2. The molecule has 160 valence electrons. The monoisotopic (exact) mass is 411 g/mol. The van der Waals surface area contributed by atoms with Crippen LogP contribution in [-0.2, 0) is 12.8 Å². The van der Waals surface area contributed by atoms with Crippen LogP contribution in [0, 0.1) is 5.82 Å². The first-order chi connectivity index (χ1) is 14.5. The van der Waals surface area contributed by atoms with Gasteiger partial charge in [-0.1, -0.05) is 18.2 Å². The first kappa shape index (κ1) is 20.0. The van der Waals surface area contributed by atoms with Gasteiger partial charge in [0.15, 0.2) is 0 Å². The summed E-state index contributed by atoms with van der Waals surface area (Å²) in [5, 5.41) is 21.4. The number of β-amino-alcohol motifs (C(OH)–C–C–N with tert-alkyl or cyclic N) is 1. The minimum atomic E-state index is -0.697. The molecule has 2 aromatic carbocycles. The average Bonchev–Trinajstić information content (AvgIpc) is 2.76. The Labute approximate surface area is 177 Å². The van der Waals surface area contributed by atoms with Gasteiger partial charge in [-0.3, -0.25) is 0 Å². The second kappa shape index (κ2) is 7.95. The number of aryl methyl sites for hydroxylation is 2. The molecule has 1 aliphatic carbocycles. The second-order valence-corrected chi connectivity index (χ2v) is 9.24. The molecule has 1 spiro atoms. The van der Waals surface area contributed by atoms with E-state index in [0.29, 0.717) is 24.3 Å². The Morgan fingerprint density at radius 3 is 2.63 bits per heavy atom. The van der Waals surface area contributed by atoms with Crippen LogP contribution in [0.25, 0.3) is 0 Å². The summed E-state index contributed by atoms with van der Waals surface area (Å²) in [5.41, 5.74) is 3.99. The highest BCUT2D eigenvalue weighted by atomic mass is 19.1. The lowest BCUT2D eigenvalue weighted by molar-refractivity contribution is -0.0589. The summed E-state index contributed by atoms with van der Waals surface area (Å²) in [5.74, 6) is 0.246. The molecule has 1 fully saturated rings. The topological polar surface area (TPSA) is 52.9 Å². The Balaban J connectivity index is 1.22. The van der Waals surface area contributed by atoms with E-state index in [2.05, 4.69) is 23.1 Å². The SMILES string of the molecule is O[C@H](CN1CCC2(CC1)C[C@H](O)c1cc(F)ccc1O2)c1ccc2c(c1)CCCC2. The molecule has 2 heterocycles. The number of piperidine rings is 1. The van der Waals surface area contributed by atoms with Crippen LogP contribution in [0.1, 0.15) is 66.6 Å². The third kappa shape index (κ3) is 3.86. The molecule has 4 nitrogen and oxygen atoms in total. The van der Waals surface area contributed by atoms with Crippen LogP contribution < -0.4 is 4.74 Å². The minimum Gasteiger partial charge on any atom is -0.487 e. The molecule has 2 aromatic rings. The lowest BCUT2D eigenvalue weighted by Crippen LogP contribution is -2.51. The molecule has 2 atom stereocenters. The first-order valence-corrected chi connectivity index (χ1v) is 11.2. The van der Waals surface area contributed by atoms with Gasteiger partial charge in [0.25, 0.3) is 0 Å². The Morgan fingerprint density at radius 1 is 1.07 bits per heavy atom. The van der Waals surface area contributed by atoms with E-state index in [1.807, 2.05) is 0 Å². The summed E-state index contributed by atoms with van der Waals surface area (Å²) >= 11 is 0. The van der Waals surface area contributed by atoms with Crippen molar-refractivity contribution >= 4 is 0 Å². The van der Waals surface area contributed by atoms with Crippen molar-refractivity contribution < 1.29 is 19.3 Å². The lowest BCUT2D eigenvalue weighted by Gasteiger charge is -2.46. The van der Waals surface area contributed by atoms with Crippen molar-refractivity contribution in [3.63, 3.8) is 0 Å². The van der Waals surface area contributed by atoms with E-state index in [-0.39, 0.29) is 5.82 Å². The van der Waals surface area contributed by atoms with Crippen molar-refractivity contribution in [3.05, 3.63) is 64.5 Å². The van der Waals surface area contributed by atoms with Gasteiger partial charge in [0.1, 0.15) is 17.2 Å². The zero-order valence-corrected chi connectivity index (χ0v) is 17.3. The largest absolute Gasteiger partial charge is 0.487 e. The number of rotatable bonds is 3. The van der Waals surface area contributed by atoms with Crippen LogP contribution in [0.15, 0.2) is 36.4 Å². The number of aliphatic hydroxyl groups excluding tert-OH is 2. The van der Waals surface area contributed by atoms with Crippen LogP contribution in [0.3, 0.4) is 0 Å². The highest BCUT2D eigenvalue weighted by Gasteiger charge is 2.43. The molecule has 3 aliphatic rings. The van der Waals surface area contributed by atoms with Gasteiger partial charge in [-0.05, 0) is 73.4 Å². The third-order valence-electron chi connectivity index (χ3n) is 7.18. The lowest BCUT2D eigenvalue weighted by atomic mass is 9.81. The van der Waals surface area contributed by atoms with E-state index in [1.165, 1.54) is 36.1 Å². The van der Waals surface area contributed by atoms with Crippen molar-refractivity contribution in [1.29, 1.82) is 0 Å². The normalized spacial score (nSPS) is 24.0. The maximum atomic E-state index is 13.5. The number of ether oxygens (including phenoxy) is 1. The Hall–Kier alpha value is -1.95. The van der Waals surface area contributed by atoms with Gasteiger partial charge in [0.05, 0.1) is 12.2 Å². The van der Waals surface area contributed by atoms with Crippen LogP contribution in [0.4, 0.5) is 4.39 Å². The van der Waals surface area contributed by atoms with Crippen molar-refractivity contribution in [2.24, 2.45) is 0 Å². The Kier molecular flexibility index (Phi) is 5.30. The van der Waals surface area contributed by atoms with Crippen LogP contribution in [0.2, 0.25) is 0 Å². The summed E-state index contributed by atoms with van der Waals surface area (Å²) in [6.45, 7) is 2.23. The predicted octanol–water partition coefficient (Wildman–Crippen LogP) is 4.09. The summed E-state index contributed by atoms with van der Waals surface area (Å²) < 4.78 is 19.8. The van der Waals surface area contributed by atoms with Crippen molar-refractivity contribution in [3.8, 4) is 5.75 Å². The number of halogens is 1. The molecule has 5 rings (SSSR count). The van der Waals surface area contributed by atoms with Crippen molar-refractivity contribution in [2.45, 2.75) is 62.8 Å². The molecule has 0 amide bonds. The number of hydrogen-bond donors (Lipinski definition) is 2. The molecule has 1 saturated heterocycles. The molecule has 0 unspecified atom stereocenters. The van der Waals surface area contributed by atoms with Gasteiger partial charge in [0, 0.05) is 31.6 Å². The van der Waals surface area contributed by atoms with Gasteiger partial charge in [-0.15, -0.1) is 0 Å². The van der Waals surface area contributed by atoms with E-state index in [1.54, 1.807) is 6.07 Å². The van der Waals surface area contributed by atoms with Gasteiger partial charge < -0.3 is 19.8 Å². The third-order valence-corrected chi connectivity index (χ3v) is 7.18. The molecule has 30 heavy (non-hydrogen) atoms. The van der Waals surface area contributed by atoms with E-state index in [9.17, 15) is 14.6 Å². The standard InChI is InChI=1S/C25H30FNO3/c26-20-7-8-24-21(14-20)22(28)15-25(30-24)9-11-27(12-10-25)16-23(29)19-6-5-17-3-1-2-4-18(17)13-19/h5-8,13-14,22-23,28-29H,1-4,9-12,15-16H2/t22-,23+/m0/s1. The fraction of sp³-hybridized carbons (Fsp3) is 0.520. The van der Waals surface area contributed by atoms with E-state index in [0.717, 1.165) is 44.3 Å². The number of hydrogen-bond acceptors (Lipinski definition) is 4. The Bertz CT molecular complexity index is 923. The average molecular weight is 412 g/mol. The van der Waals surface area contributed by atoms with Gasteiger partial charge >= 0.3 is 0 Å². The number of nitrogens with zero attached hydrogens (tertiary/aromatic N) is 1. The van der Waals surface area contributed by atoms with Crippen LogP contribution in [-0.4, -0.2) is 40.3 Å². The molecule has 0 saturated carbocycles.